The van der Waals surface area contributed by atoms with Gasteiger partial charge in [-0.3, -0.25) is 29.4 Å². The Kier molecular flexibility index (Phi) is 5.28. The Balaban J connectivity index is 1.58. The number of fused-ring (bicyclic) bond motifs is 1. The SMILES string of the molecule is O=C(CN1C(=O)c2cccc([N+](=O)[O-])c2C1=O)OC(c1ccccc1)c1ccccc1. The van der Waals surface area contributed by atoms with Crippen LogP contribution in [-0.4, -0.2) is 34.2 Å². The molecule has 3 aromatic rings. The highest BCUT2D eigenvalue weighted by molar-refractivity contribution is 6.24. The average Bonchev–Trinajstić information content (AvgIpc) is 3.03. The van der Waals surface area contributed by atoms with Crippen molar-refractivity contribution in [3.05, 3.63) is 111 Å². The van der Waals surface area contributed by atoms with Crippen molar-refractivity contribution < 1.29 is 24.0 Å². The summed E-state index contributed by atoms with van der Waals surface area (Å²) < 4.78 is 5.64. The van der Waals surface area contributed by atoms with Gasteiger partial charge in [-0.2, -0.15) is 0 Å². The van der Waals surface area contributed by atoms with E-state index in [-0.39, 0.29) is 11.1 Å². The summed E-state index contributed by atoms with van der Waals surface area (Å²) in [6.45, 7) is -0.653. The van der Waals surface area contributed by atoms with Crippen LogP contribution in [0, 0.1) is 10.1 Å². The van der Waals surface area contributed by atoms with Crippen molar-refractivity contribution in [2.75, 3.05) is 6.54 Å². The van der Waals surface area contributed by atoms with E-state index in [2.05, 4.69) is 0 Å². The molecule has 0 saturated carbocycles. The maximum atomic E-state index is 12.7. The van der Waals surface area contributed by atoms with Crippen molar-refractivity contribution in [1.82, 2.24) is 4.90 Å². The number of benzene rings is 3. The minimum Gasteiger partial charge on any atom is -0.451 e. The molecule has 3 aromatic carbocycles. The van der Waals surface area contributed by atoms with E-state index in [4.69, 9.17) is 4.74 Å². The zero-order chi connectivity index (χ0) is 22.0. The fourth-order valence-electron chi connectivity index (χ4n) is 3.49. The molecule has 8 heteroatoms. The van der Waals surface area contributed by atoms with Crippen molar-refractivity contribution in [1.29, 1.82) is 0 Å². The number of nitrogens with zero attached hydrogens (tertiary/aromatic N) is 2. The van der Waals surface area contributed by atoms with E-state index in [9.17, 15) is 24.5 Å². The number of esters is 1. The largest absolute Gasteiger partial charge is 0.451 e. The zero-order valence-corrected chi connectivity index (χ0v) is 16.1. The lowest BCUT2D eigenvalue weighted by molar-refractivity contribution is -0.385. The standard InChI is InChI=1S/C23H16N2O6/c26-19(31-21(15-8-3-1-4-9-15)16-10-5-2-6-11-16)14-24-22(27)17-12-7-13-18(25(29)30)20(17)23(24)28/h1-13,21H,14H2. The number of nitro groups is 1. The quantitative estimate of drug-likeness (QED) is 0.263. The second-order valence-corrected chi connectivity index (χ2v) is 6.84. The predicted molar refractivity (Wildman–Crippen MR) is 109 cm³/mol. The highest BCUT2D eigenvalue weighted by Gasteiger charge is 2.42. The highest BCUT2D eigenvalue weighted by Crippen LogP contribution is 2.31. The third kappa shape index (κ3) is 3.78. The summed E-state index contributed by atoms with van der Waals surface area (Å²) >= 11 is 0. The highest BCUT2D eigenvalue weighted by atomic mass is 16.6. The summed E-state index contributed by atoms with van der Waals surface area (Å²) in [6, 6.07) is 21.9. The van der Waals surface area contributed by atoms with Crippen LogP contribution in [0.15, 0.2) is 78.9 Å². The number of hydrogen-bond donors (Lipinski definition) is 0. The predicted octanol–water partition coefficient (Wildman–Crippen LogP) is 3.52. The Bertz CT molecular complexity index is 1140. The lowest BCUT2D eigenvalue weighted by Gasteiger charge is -2.20. The van der Waals surface area contributed by atoms with Gasteiger partial charge in [-0.15, -0.1) is 0 Å². The van der Waals surface area contributed by atoms with Gasteiger partial charge in [0.15, 0.2) is 6.10 Å². The van der Waals surface area contributed by atoms with Gasteiger partial charge in [0.05, 0.1) is 10.5 Å². The lowest BCUT2D eigenvalue weighted by Crippen LogP contribution is -2.36. The topological polar surface area (TPSA) is 107 Å². The number of amides is 2. The molecular weight excluding hydrogens is 400 g/mol. The molecule has 1 heterocycles. The number of carbonyl (C=O) groups is 3. The Labute approximate surface area is 176 Å². The second kappa shape index (κ2) is 8.19. The van der Waals surface area contributed by atoms with Gasteiger partial charge in [-0.1, -0.05) is 66.7 Å². The number of hydrogen-bond acceptors (Lipinski definition) is 6. The van der Waals surface area contributed by atoms with Crippen LogP contribution >= 0.6 is 0 Å². The summed E-state index contributed by atoms with van der Waals surface area (Å²) in [4.78, 5) is 49.2. The summed E-state index contributed by atoms with van der Waals surface area (Å²) in [5.74, 6) is -2.47. The van der Waals surface area contributed by atoms with Crippen molar-refractivity contribution in [2.45, 2.75) is 6.10 Å². The molecule has 2 amide bonds. The number of rotatable bonds is 6. The lowest BCUT2D eigenvalue weighted by atomic mass is 10.0. The monoisotopic (exact) mass is 416 g/mol. The smallest absolute Gasteiger partial charge is 0.327 e. The fourth-order valence-corrected chi connectivity index (χ4v) is 3.49. The molecule has 4 rings (SSSR count). The Hall–Kier alpha value is -4.33. The molecule has 0 N–H and O–H groups in total. The molecule has 31 heavy (non-hydrogen) atoms. The van der Waals surface area contributed by atoms with Crippen LogP contribution in [0.5, 0.6) is 0 Å². The first-order valence-corrected chi connectivity index (χ1v) is 9.40. The molecule has 8 nitrogen and oxygen atoms in total. The van der Waals surface area contributed by atoms with Crippen LogP contribution in [0.4, 0.5) is 5.69 Å². The first-order valence-electron chi connectivity index (χ1n) is 9.40. The van der Waals surface area contributed by atoms with Crippen LogP contribution in [0.3, 0.4) is 0 Å². The number of ether oxygens (including phenoxy) is 1. The molecule has 0 aromatic heterocycles. The summed E-state index contributed by atoms with van der Waals surface area (Å²) in [7, 11) is 0. The van der Waals surface area contributed by atoms with Gasteiger partial charge in [-0.25, -0.2) is 0 Å². The molecule has 1 aliphatic heterocycles. The van der Waals surface area contributed by atoms with E-state index < -0.39 is 41.0 Å². The van der Waals surface area contributed by atoms with Crippen LogP contribution in [0.2, 0.25) is 0 Å². The molecule has 0 bridgehead atoms. The van der Waals surface area contributed by atoms with E-state index in [1.165, 1.54) is 12.1 Å². The molecule has 154 valence electrons. The molecule has 1 aliphatic rings. The number of nitro benzene ring substituents is 1. The molecular formula is C23H16N2O6. The van der Waals surface area contributed by atoms with Gasteiger partial charge in [0.25, 0.3) is 17.5 Å². The van der Waals surface area contributed by atoms with Gasteiger partial charge in [0.2, 0.25) is 0 Å². The van der Waals surface area contributed by atoms with E-state index in [0.29, 0.717) is 4.90 Å². The van der Waals surface area contributed by atoms with Crippen LogP contribution in [-0.2, 0) is 9.53 Å². The maximum Gasteiger partial charge on any atom is 0.327 e. The number of carbonyl (C=O) groups excluding carboxylic acids is 3. The minimum absolute atomic E-state index is 0.102. The Morgan fingerprint density at radius 1 is 0.871 bits per heavy atom. The number of imide groups is 1. The minimum atomic E-state index is -0.889. The van der Waals surface area contributed by atoms with Crippen molar-refractivity contribution in [2.24, 2.45) is 0 Å². The van der Waals surface area contributed by atoms with Crippen molar-refractivity contribution in [3.8, 4) is 0 Å². The third-order valence-corrected chi connectivity index (χ3v) is 4.91. The molecule has 0 spiro atoms. The molecule has 0 radical (unpaired) electrons. The van der Waals surface area contributed by atoms with Crippen molar-refractivity contribution in [3.63, 3.8) is 0 Å². The Morgan fingerprint density at radius 3 is 2.00 bits per heavy atom. The fraction of sp³-hybridized carbons (Fsp3) is 0.0870. The van der Waals surface area contributed by atoms with Gasteiger partial charge < -0.3 is 4.74 Å². The van der Waals surface area contributed by atoms with Gasteiger partial charge in [0.1, 0.15) is 12.1 Å². The molecule has 0 aliphatic carbocycles. The van der Waals surface area contributed by atoms with Crippen LogP contribution in [0.25, 0.3) is 0 Å². The first-order chi connectivity index (χ1) is 15.0. The van der Waals surface area contributed by atoms with Crippen LogP contribution in [0.1, 0.15) is 37.9 Å². The second-order valence-electron chi connectivity index (χ2n) is 6.84. The summed E-state index contributed by atoms with van der Waals surface area (Å²) in [5.41, 5.74) is 0.556. The van der Waals surface area contributed by atoms with E-state index in [1.54, 1.807) is 24.3 Å². The molecule has 0 saturated heterocycles. The zero-order valence-electron chi connectivity index (χ0n) is 16.1. The van der Waals surface area contributed by atoms with Gasteiger partial charge in [-0.05, 0) is 17.2 Å². The summed E-state index contributed by atoms with van der Waals surface area (Å²) in [5, 5.41) is 11.2. The van der Waals surface area contributed by atoms with Gasteiger partial charge >= 0.3 is 5.97 Å². The van der Waals surface area contributed by atoms with E-state index in [1.807, 2.05) is 36.4 Å². The van der Waals surface area contributed by atoms with Crippen molar-refractivity contribution >= 4 is 23.5 Å². The van der Waals surface area contributed by atoms with Crippen LogP contribution < -0.4 is 0 Å². The summed E-state index contributed by atoms with van der Waals surface area (Å²) in [6.07, 6.45) is -0.737. The average molecular weight is 416 g/mol. The normalized spacial score (nSPS) is 12.7. The molecule has 0 unspecified atom stereocenters. The van der Waals surface area contributed by atoms with E-state index >= 15 is 0 Å². The molecule has 0 fully saturated rings. The first kappa shape index (κ1) is 20.0. The van der Waals surface area contributed by atoms with E-state index in [0.717, 1.165) is 17.2 Å². The van der Waals surface area contributed by atoms with Gasteiger partial charge in [0, 0.05) is 6.07 Å². The maximum absolute atomic E-state index is 12.7. The third-order valence-electron chi connectivity index (χ3n) is 4.91. The Morgan fingerprint density at radius 2 is 1.45 bits per heavy atom. The molecule has 0 atom stereocenters.